The van der Waals surface area contributed by atoms with Crippen LogP contribution in [0.15, 0.2) is 29.3 Å². The van der Waals surface area contributed by atoms with Crippen LogP contribution in [0.25, 0.3) is 0 Å². The number of amides is 2. The summed E-state index contributed by atoms with van der Waals surface area (Å²) < 4.78 is 4.44. The van der Waals surface area contributed by atoms with Crippen LogP contribution < -0.4 is 16.6 Å². The van der Waals surface area contributed by atoms with E-state index in [4.69, 9.17) is 27.1 Å². The van der Waals surface area contributed by atoms with Crippen molar-refractivity contribution in [2.45, 2.75) is 43.5 Å². The third-order valence-corrected chi connectivity index (χ3v) is 6.78. The highest BCUT2D eigenvalue weighted by atomic mass is 35.5. The van der Waals surface area contributed by atoms with Gasteiger partial charge in [-0.2, -0.15) is 0 Å². The van der Waals surface area contributed by atoms with E-state index in [-0.39, 0.29) is 12.6 Å². The van der Waals surface area contributed by atoms with Gasteiger partial charge in [0.05, 0.1) is 6.61 Å². The molecule has 3 unspecified atom stereocenters. The molecule has 27 heavy (non-hydrogen) atoms. The fourth-order valence-electron chi connectivity index (χ4n) is 3.68. The van der Waals surface area contributed by atoms with Crippen LogP contribution in [-0.4, -0.2) is 34.1 Å². The van der Waals surface area contributed by atoms with Gasteiger partial charge >= 0.3 is 12.0 Å². The Morgan fingerprint density at radius 3 is 2.74 bits per heavy atom. The van der Waals surface area contributed by atoms with Gasteiger partial charge in [-0.1, -0.05) is 42.4 Å². The lowest BCUT2D eigenvalue weighted by molar-refractivity contribution is -0.150. The molecule has 0 saturated heterocycles. The number of thioether (sulfide) groups is 1. The van der Waals surface area contributed by atoms with Gasteiger partial charge < -0.3 is 10.5 Å². The van der Waals surface area contributed by atoms with Crippen LogP contribution in [0.1, 0.15) is 38.7 Å². The first kappa shape index (κ1) is 20.0. The van der Waals surface area contributed by atoms with Crippen molar-refractivity contribution in [2.75, 3.05) is 6.61 Å². The third kappa shape index (κ3) is 3.66. The zero-order valence-corrected chi connectivity index (χ0v) is 16.8. The molecule has 1 saturated carbocycles. The predicted molar refractivity (Wildman–Crippen MR) is 107 cm³/mol. The molecule has 0 radical (unpaired) electrons. The fraction of sp³-hybridized carbons (Fsp3) is 0.500. The van der Waals surface area contributed by atoms with E-state index >= 15 is 0 Å². The molecule has 3 rings (SSSR count). The SMILES string of the molecule is CCOC(=O)C12CCC(C)CC1(NNC(N)=O)N=C(c1ccc(Cl)cc1)S2. The molecule has 146 valence electrons. The van der Waals surface area contributed by atoms with Crippen LogP contribution in [0.5, 0.6) is 0 Å². The number of carbonyl (C=O) groups excluding carboxylic acids is 2. The maximum Gasteiger partial charge on any atom is 0.326 e. The lowest BCUT2D eigenvalue weighted by Gasteiger charge is -2.46. The first-order valence-electron chi connectivity index (χ1n) is 8.86. The number of rotatable bonds is 5. The molecule has 4 N–H and O–H groups in total. The van der Waals surface area contributed by atoms with E-state index in [0.29, 0.717) is 28.8 Å². The number of ether oxygens (including phenoxy) is 1. The Labute approximate surface area is 167 Å². The molecular formula is C18H23ClN4O3S. The van der Waals surface area contributed by atoms with Gasteiger partial charge in [0.2, 0.25) is 0 Å². The lowest BCUT2D eigenvalue weighted by Crippen LogP contribution is -2.68. The van der Waals surface area contributed by atoms with Gasteiger partial charge in [0.1, 0.15) is 5.04 Å². The molecule has 1 fully saturated rings. The van der Waals surface area contributed by atoms with Crippen molar-refractivity contribution in [1.29, 1.82) is 0 Å². The molecular weight excluding hydrogens is 388 g/mol. The number of nitrogens with two attached hydrogens (primary N) is 1. The van der Waals surface area contributed by atoms with Crippen LogP contribution in [0.3, 0.4) is 0 Å². The maximum absolute atomic E-state index is 13.1. The van der Waals surface area contributed by atoms with E-state index in [9.17, 15) is 9.59 Å². The molecule has 2 aliphatic rings. The standard InChI is InChI=1S/C18H23ClN4O3S/c1-3-26-15(24)17-9-8-11(2)10-18(17,23-22-16(20)25)21-14(27-17)12-4-6-13(19)7-5-12/h4-7,11,23H,3,8-10H2,1-2H3,(H3,20,22,25). The molecule has 2 amide bonds. The summed E-state index contributed by atoms with van der Waals surface area (Å²) in [5, 5.41) is 1.32. The Balaban J connectivity index is 2.07. The number of primary amides is 1. The molecule has 1 heterocycles. The van der Waals surface area contributed by atoms with Crippen molar-refractivity contribution < 1.29 is 14.3 Å². The number of hydrazine groups is 1. The highest BCUT2D eigenvalue weighted by Gasteiger charge is 2.65. The molecule has 1 aliphatic heterocycles. The minimum Gasteiger partial charge on any atom is -0.465 e. The third-order valence-electron chi connectivity index (χ3n) is 4.95. The summed E-state index contributed by atoms with van der Waals surface area (Å²) in [5.41, 5.74) is 10.5. The van der Waals surface area contributed by atoms with Crippen LogP contribution in [-0.2, 0) is 9.53 Å². The largest absolute Gasteiger partial charge is 0.465 e. The van der Waals surface area contributed by atoms with Crippen molar-refractivity contribution in [1.82, 2.24) is 10.9 Å². The van der Waals surface area contributed by atoms with Gasteiger partial charge in [-0.25, -0.2) is 10.2 Å². The van der Waals surface area contributed by atoms with E-state index in [1.54, 1.807) is 19.1 Å². The molecule has 3 atom stereocenters. The van der Waals surface area contributed by atoms with Crippen molar-refractivity contribution in [3.63, 3.8) is 0 Å². The van der Waals surface area contributed by atoms with Gasteiger partial charge in [-0.3, -0.25) is 15.2 Å². The Hall–Kier alpha value is -1.77. The predicted octanol–water partition coefficient (Wildman–Crippen LogP) is 2.82. The number of hydrogen-bond acceptors (Lipinski definition) is 6. The average molecular weight is 411 g/mol. The van der Waals surface area contributed by atoms with Crippen molar-refractivity contribution in [3.05, 3.63) is 34.9 Å². The zero-order chi connectivity index (χ0) is 19.7. The Kier molecular flexibility index (Phi) is 5.69. The van der Waals surface area contributed by atoms with E-state index < -0.39 is 16.4 Å². The Morgan fingerprint density at radius 1 is 1.41 bits per heavy atom. The van der Waals surface area contributed by atoms with E-state index in [1.165, 1.54) is 11.8 Å². The second-order valence-corrected chi connectivity index (χ2v) is 8.62. The molecule has 1 aromatic carbocycles. The number of nitrogens with zero attached hydrogens (tertiary/aromatic N) is 1. The number of fused-ring (bicyclic) bond motifs is 1. The first-order chi connectivity index (χ1) is 12.8. The number of benzene rings is 1. The van der Waals surface area contributed by atoms with Gasteiger partial charge in [0.15, 0.2) is 10.4 Å². The lowest BCUT2D eigenvalue weighted by atomic mass is 9.74. The summed E-state index contributed by atoms with van der Waals surface area (Å²) >= 11 is 7.38. The van der Waals surface area contributed by atoms with Crippen LogP contribution >= 0.6 is 23.4 Å². The molecule has 1 aliphatic carbocycles. The van der Waals surface area contributed by atoms with E-state index in [0.717, 1.165) is 12.0 Å². The van der Waals surface area contributed by atoms with Gasteiger partial charge in [-0.05, 0) is 44.2 Å². The molecule has 0 spiro atoms. The summed E-state index contributed by atoms with van der Waals surface area (Å²) in [6, 6.07) is 6.55. The summed E-state index contributed by atoms with van der Waals surface area (Å²) in [5.74, 6) is -0.0305. The molecule has 0 bridgehead atoms. The number of halogens is 1. The second kappa shape index (κ2) is 7.69. The normalized spacial score (nSPS) is 29.6. The summed E-state index contributed by atoms with van der Waals surface area (Å²) in [6.45, 7) is 4.15. The summed E-state index contributed by atoms with van der Waals surface area (Å²) in [4.78, 5) is 29.3. The van der Waals surface area contributed by atoms with Gasteiger partial charge in [0.25, 0.3) is 0 Å². The summed E-state index contributed by atoms with van der Waals surface area (Å²) in [6.07, 6.45) is 2.00. The van der Waals surface area contributed by atoms with Crippen LogP contribution in [0.2, 0.25) is 5.02 Å². The van der Waals surface area contributed by atoms with Crippen LogP contribution in [0.4, 0.5) is 4.79 Å². The quantitative estimate of drug-likeness (QED) is 0.511. The van der Waals surface area contributed by atoms with Crippen molar-refractivity contribution >= 4 is 40.4 Å². The number of nitrogens with one attached hydrogen (secondary N) is 2. The first-order valence-corrected chi connectivity index (χ1v) is 10.1. The van der Waals surface area contributed by atoms with E-state index in [2.05, 4.69) is 17.8 Å². The zero-order valence-electron chi connectivity index (χ0n) is 15.3. The molecule has 0 aromatic heterocycles. The summed E-state index contributed by atoms with van der Waals surface area (Å²) in [7, 11) is 0. The maximum atomic E-state index is 13.1. The average Bonchev–Trinajstić information content (AvgIpc) is 2.97. The fourth-order valence-corrected chi connectivity index (χ4v) is 5.30. The number of aliphatic imine (C=N–C) groups is 1. The monoisotopic (exact) mass is 410 g/mol. The highest BCUT2D eigenvalue weighted by molar-refractivity contribution is 8.16. The van der Waals surface area contributed by atoms with Gasteiger partial charge in [0, 0.05) is 10.6 Å². The number of esters is 1. The Bertz CT molecular complexity index is 772. The highest BCUT2D eigenvalue weighted by Crippen LogP contribution is 2.55. The number of carbonyl (C=O) groups is 2. The Morgan fingerprint density at radius 2 is 2.11 bits per heavy atom. The second-order valence-electron chi connectivity index (χ2n) is 6.90. The smallest absolute Gasteiger partial charge is 0.326 e. The molecule has 9 heteroatoms. The number of urea groups is 1. The van der Waals surface area contributed by atoms with Crippen LogP contribution in [0, 0.1) is 5.92 Å². The van der Waals surface area contributed by atoms with Crippen molar-refractivity contribution in [3.8, 4) is 0 Å². The number of hydrogen-bond donors (Lipinski definition) is 3. The minimum absolute atomic E-state index is 0.270. The molecule has 1 aromatic rings. The topological polar surface area (TPSA) is 106 Å². The van der Waals surface area contributed by atoms with Crippen molar-refractivity contribution in [2.24, 2.45) is 16.6 Å². The van der Waals surface area contributed by atoms with E-state index in [1.807, 2.05) is 12.1 Å². The molecule has 7 nitrogen and oxygen atoms in total. The minimum atomic E-state index is -1.04. The van der Waals surface area contributed by atoms with Gasteiger partial charge in [-0.15, -0.1) is 0 Å².